The van der Waals surface area contributed by atoms with Crippen LogP contribution in [0.1, 0.15) is 13.8 Å². The van der Waals surface area contributed by atoms with E-state index in [1.165, 1.54) is 17.2 Å². The predicted molar refractivity (Wildman–Crippen MR) is 60.7 cm³/mol. The van der Waals surface area contributed by atoms with Gasteiger partial charge in [-0.1, -0.05) is 13.8 Å². The maximum Gasteiger partial charge on any atom is 0.0679 e. The number of anilines is 1. The number of aromatic nitrogens is 1. The normalized spacial score (nSPS) is 32.5. The zero-order valence-corrected chi connectivity index (χ0v) is 9.55. The molecule has 0 radical (unpaired) electrons. The minimum atomic E-state index is 0.266. The molecule has 1 aromatic rings. The van der Waals surface area contributed by atoms with E-state index in [4.69, 9.17) is 5.73 Å². The summed E-state index contributed by atoms with van der Waals surface area (Å²) >= 11 is 1.51. The van der Waals surface area contributed by atoms with Gasteiger partial charge < -0.3 is 10.6 Å². The zero-order chi connectivity index (χ0) is 10.2. The predicted octanol–water partition coefficient (Wildman–Crippen LogP) is 1.56. The molecule has 1 aromatic heterocycles. The summed E-state index contributed by atoms with van der Waals surface area (Å²) in [5.41, 5.74) is 7.35. The molecule has 2 atom stereocenters. The molecule has 2 rings (SSSR count). The third-order valence-electron chi connectivity index (χ3n) is 3.49. The zero-order valence-electron chi connectivity index (χ0n) is 8.73. The molecular formula is C10H17N3S. The van der Waals surface area contributed by atoms with E-state index in [0.717, 1.165) is 19.6 Å². The van der Waals surface area contributed by atoms with Crippen LogP contribution >= 0.6 is 11.5 Å². The van der Waals surface area contributed by atoms with Crippen molar-refractivity contribution >= 4 is 17.2 Å². The van der Waals surface area contributed by atoms with Gasteiger partial charge in [-0.3, -0.25) is 0 Å². The third-order valence-corrected chi connectivity index (χ3v) is 4.06. The minimum Gasteiger partial charge on any atom is -0.369 e. The first-order valence-electron chi connectivity index (χ1n) is 5.00. The van der Waals surface area contributed by atoms with Crippen molar-refractivity contribution in [1.82, 2.24) is 4.37 Å². The summed E-state index contributed by atoms with van der Waals surface area (Å²) < 4.78 is 4.13. The summed E-state index contributed by atoms with van der Waals surface area (Å²) in [6, 6.07) is 0. The van der Waals surface area contributed by atoms with Gasteiger partial charge in [-0.2, -0.15) is 4.37 Å². The van der Waals surface area contributed by atoms with Gasteiger partial charge in [0.2, 0.25) is 0 Å². The first kappa shape index (κ1) is 9.93. The van der Waals surface area contributed by atoms with Crippen LogP contribution in [-0.2, 0) is 0 Å². The Morgan fingerprint density at radius 2 is 2.57 bits per heavy atom. The number of rotatable bonds is 2. The van der Waals surface area contributed by atoms with Crippen LogP contribution in [0.15, 0.2) is 11.6 Å². The Morgan fingerprint density at radius 3 is 3.07 bits per heavy atom. The lowest BCUT2D eigenvalue weighted by Crippen LogP contribution is -2.34. The van der Waals surface area contributed by atoms with Crippen molar-refractivity contribution in [2.75, 3.05) is 24.5 Å². The summed E-state index contributed by atoms with van der Waals surface area (Å²) in [5.74, 6) is 0.660. The van der Waals surface area contributed by atoms with Crippen molar-refractivity contribution in [3.8, 4) is 0 Å². The van der Waals surface area contributed by atoms with E-state index in [1.54, 1.807) is 0 Å². The largest absolute Gasteiger partial charge is 0.369 e. The number of nitrogens with two attached hydrogens (primary N) is 1. The molecule has 2 unspecified atom stereocenters. The molecule has 1 saturated heterocycles. The van der Waals surface area contributed by atoms with Gasteiger partial charge in [0.1, 0.15) is 0 Å². The Morgan fingerprint density at radius 1 is 1.79 bits per heavy atom. The van der Waals surface area contributed by atoms with Crippen molar-refractivity contribution in [3.63, 3.8) is 0 Å². The molecule has 2 N–H and O–H groups in total. The average molecular weight is 211 g/mol. The lowest BCUT2D eigenvalue weighted by Gasteiger charge is -2.26. The lowest BCUT2D eigenvalue weighted by atomic mass is 9.81. The van der Waals surface area contributed by atoms with E-state index in [1.807, 2.05) is 6.20 Å². The first-order chi connectivity index (χ1) is 6.65. The van der Waals surface area contributed by atoms with Crippen molar-refractivity contribution in [2.24, 2.45) is 17.1 Å². The lowest BCUT2D eigenvalue weighted by molar-refractivity contribution is 0.287. The number of nitrogens with zero attached hydrogens (tertiary/aromatic N) is 2. The monoisotopic (exact) mass is 211 g/mol. The van der Waals surface area contributed by atoms with Gasteiger partial charge >= 0.3 is 0 Å². The van der Waals surface area contributed by atoms with Crippen LogP contribution in [-0.4, -0.2) is 24.0 Å². The molecule has 78 valence electrons. The van der Waals surface area contributed by atoms with Crippen molar-refractivity contribution < 1.29 is 0 Å². The Labute approximate surface area is 89.1 Å². The Hall–Kier alpha value is -0.610. The molecule has 0 saturated carbocycles. The summed E-state index contributed by atoms with van der Waals surface area (Å²) in [6.45, 7) is 7.49. The van der Waals surface area contributed by atoms with Gasteiger partial charge in [-0.15, -0.1) is 0 Å². The quantitative estimate of drug-likeness (QED) is 0.807. The molecule has 0 aromatic carbocycles. The molecule has 14 heavy (non-hydrogen) atoms. The van der Waals surface area contributed by atoms with Crippen LogP contribution < -0.4 is 10.6 Å². The minimum absolute atomic E-state index is 0.266. The van der Waals surface area contributed by atoms with Crippen molar-refractivity contribution in [3.05, 3.63) is 11.6 Å². The topological polar surface area (TPSA) is 42.2 Å². The van der Waals surface area contributed by atoms with Gasteiger partial charge in [0.15, 0.2) is 0 Å². The highest BCUT2D eigenvalue weighted by atomic mass is 32.1. The van der Waals surface area contributed by atoms with Gasteiger partial charge in [0.25, 0.3) is 0 Å². The van der Waals surface area contributed by atoms with E-state index in [2.05, 4.69) is 28.5 Å². The smallest absolute Gasteiger partial charge is 0.0679 e. The molecule has 0 spiro atoms. The van der Waals surface area contributed by atoms with Gasteiger partial charge in [0.05, 0.1) is 11.9 Å². The van der Waals surface area contributed by atoms with E-state index < -0.39 is 0 Å². The van der Waals surface area contributed by atoms with E-state index in [9.17, 15) is 0 Å². The summed E-state index contributed by atoms with van der Waals surface area (Å²) in [4.78, 5) is 2.39. The SMILES string of the molecule is CC1CN(c2cnsc2)CC1(C)CN. The summed E-state index contributed by atoms with van der Waals surface area (Å²) in [7, 11) is 0. The molecule has 0 aliphatic carbocycles. The standard InChI is InChI=1S/C10H17N3S/c1-8-4-13(7-10(8,2)6-11)9-3-12-14-5-9/h3,5,8H,4,6-7,11H2,1-2H3. The molecule has 2 heterocycles. The van der Waals surface area contributed by atoms with E-state index >= 15 is 0 Å². The molecular weight excluding hydrogens is 194 g/mol. The fraction of sp³-hybridized carbons (Fsp3) is 0.700. The highest BCUT2D eigenvalue weighted by molar-refractivity contribution is 7.04. The van der Waals surface area contributed by atoms with Gasteiger partial charge in [-0.25, -0.2) is 0 Å². The highest BCUT2D eigenvalue weighted by Gasteiger charge is 2.39. The van der Waals surface area contributed by atoms with Gasteiger partial charge in [-0.05, 0) is 24.0 Å². The molecule has 1 aliphatic rings. The Bertz CT molecular complexity index is 298. The average Bonchev–Trinajstić information content (AvgIpc) is 2.76. The van der Waals surface area contributed by atoms with Crippen LogP contribution in [0.3, 0.4) is 0 Å². The Kier molecular flexibility index (Phi) is 2.49. The maximum atomic E-state index is 5.83. The maximum absolute atomic E-state index is 5.83. The Balaban J connectivity index is 2.14. The second kappa shape index (κ2) is 3.51. The summed E-state index contributed by atoms with van der Waals surface area (Å²) in [5, 5.41) is 2.11. The van der Waals surface area contributed by atoms with Crippen LogP contribution in [0.2, 0.25) is 0 Å². The molecule has 0 bridgehead atoms. The third kappa shape index (κ3) is 1.53. The fourth-order valence-corrected chi connectivity index (χ4v) is 2.57. The molecule has 1 aliphatic heterocycles. The summed E-state index contributed by atoms with van der Waals surface area (Å²) in [6.07, 6.45) is 1.94. The second-order valence-electron chi connectivity index (χ2n) is 4.52. The molecule has 1 fully saturated rings. The first-order valence-corrected chi connectivity index (χ1v) is 5.84. The molecule has 0 amide bonds. The molecule has 4 heteroatoms. The number of hydrogen-bond acceptors (Lipinski definition) is 4. The van der Waals surface area contributed by atoms with Gasteiger partial charge in [0, 0.05) is 23.9 Å². The van der Waals surface area contributed by atoms with E-state index in [-0.39, 0.29) is 5.41 Å². The second-order valence-corrected chi connectivity index (χ2v) is 5.18. The van der Waals surface area contributed by atoms with Crippen LogP contribution in [0.25, 0.3) is 0 Å². The van der Waals surface area contributed by atoms with Crippen LogP contribution in [0.4, 0.5) is 5.69 Å². The molecule has 3 nitrogen and oxygen atoms in total. The van der Waals surface area contributed by atoms with Crippen LogP contribution in [0, 0.1) is 11.3 Å². The van der Waals surface area contributed by atoms with Crippen molar-refractivity contribution in [1.29, 1.82) is 0 Å². The van der Waals surface area contributed by atoms with Crippen LogP contribution in [0.5, 0.6) is 0 Å². The number of hydrogen-bond donors (Lipinski definition) is 1. The highest BCUT2D eigenvalue weighted by Crippen LogP contribution is 2.36. The van der Waals surface area contributed by atoms with Crippen molar-refractivity contribution in [2.45, 2.75) is 13.8 Å². The fourth-order valence-electron chi connectivity index (χ4n) is 2.03. The van der Waals surface area contributed by atoms with E-state index in [0.29, 0.717) is 5.92 Å².